The van der Waals surface area contributed by atoms with Crippen molar-refractivity contribution >= 4 is 30.0 Å². The molecule has 2 aromatic carbocycles. The van der Waals surface area contributed by atoms with E-state index in [2.05, 4.69) is 13.8 Å². The minimum absolute atomic E-state index is 0.0157. The summed E-state index contributed by atoms with van der Waals surface area (Å²) in [4.78, 5) is 35.7. The van der Waals surface area contributed by atoms with E-state index in [0.29, 0.717) is 38.4 Å². The molecule has 2 aromatic rings. The topological polar surface area (TPSA) is 99.1 Å². The van der Waals surface area contributed by atoms with Crippen molar-refractivity contribution in [3.63, 3.8) is 0 Å². The average Bonchev–Trinajstić information content (AvgIpc) is 2.97. The molecule has 8 heteroatoms. The van der Waals surface area contributed by atoms with Crippen LogP contribution >= 0.6 is 11.8 Å². The maximum Gasteiger partial charge on any atom is 0.315 e. The van der Waals surface area contributed by atoms with Gasteiger partial charge in [0.1, 0.15) is 6.29 Å². The fourth-order valence-electron chi connectivity index (χ4n) is 4.52. The molecule has 42 heavy (non-hydrogen) atoms. The average molecular weight is 603 g/mol. The smallest absolute Gasteiger partial charge is 0.315 e. The van der Waals surface area contributed by atoms with Gasteiger partial charge < -0.3 is 24.1 Å². The number of benzene rings is 2. The van der Waals surface area contributed by atoms with E-state index in [4.69, 9.17) is 14.2 Å². The zero-order valence-electron chi connectivity index (χ0n) is 26.2. The molecule has 0 radical (unpaired) electrons. The van der Waals surface area contributed by atoms with Crippen LogP contribution in [0.3, 0.4) is 0 Å². The van der Waals surface area contributed by atoms with Crippen molar-refractivity contribution in [1.82, 2.24) is 0 Å². The molecule has 0 fully saturated rings. The SMILES string of the molecule is CCOC(=O)CSCC(C)(C)CCCC(C=O)(CO)c1cccc(CC(C)C(=O)OCC)c1.COCc1ccccc1. The first-order valence-corrected chi connectivity index (χ1v) is 15.8. The number of hydrogen-bond acceptors (Lipinski definition) is 8. The molecule has 0 aliphatic heterocycles. The number of aliphatic hydroxyl groups is 1. The van der Waals surface area contributed by atoms with Gasteiger partial charge in [-0.25, -0.2) is 0 Å². The quantitative estimate of drug-likeness (QED) is 0.159. The van der Waals surface area contributed by atoms with Gasteiger partial charge in [-0.2, -0.15) is 0 Å². The number of methoxy groups -OCH3 is 1. The van der Waals surface area contributed by atoms with Crippen LogP contribution in [-0.2, 0) is 47.0 Å². The second kappa shape index (κ2) is 20.3. The van der Waals surface area contributed by atoms with Gasteiger partial charge in [0, 0.05) is 7.11 Å². The van der Waals surface area contributed by atoms with Gasteiger partial charge in [-0.3, -0.25) is 9.59 Å². The molecule has 0 heterocycles. The number of hydrogen-bond donors (Lipinski definition) is 1. The molecule has 0 aliphatic rings. The van der Waals surface area contributed by atoms with E-state index >= 15 is 0 Å². The van der Waals surface area contributed by atoms with Gasteiger partial charge in [-0.05, 0) is 61.0 Å². The molecule has 0 bridgehead atoms. The van der Waals surface area contributed by atoms with Crippen LogP contribution in [0, 0.1) is 11.3 Å². The van der Waals surface area contributed by atoms with E-state index in [0.717, 1.165) is 36.0 Å². The fraction of sp³-hybridized carbons (Fsp3) is 0.559. The number of carbonyl (C=O) groups excluding carboxylic acids is 3. The van der Waals surface area contributed by atoms with Crippen LogP contribution in [0.15, 0.2) is 54.6 Å². The van der Waals surface area contributed by atoms with Crippen molar-refractivity contribution < 1.29 is 33.7 Å². The maximum absolute atomic E-state index is 12.2. The summed E-state index contributed by atoms with van der Waals surface area (Å²) in [5, 5.41) is 10.2. The Labute approximate surface area is 256 Å². The van der Waals surface area contributed by atoms with Crippen LogP contribution < -0.4 is 0 Å². The predicted molar refractivity (Wildman–Crippen MR) is 170 cm³/mol. The van der Waals surface area contributed by atoms with E-state index in [1.165, 1.54) is 5.56 Å². The van der Waals surface area contributed by atoms with Crippen molar-refractivity contribution in [3.05, 3.63) is 71.3 Å². The molecule has 2 rings (SSSR count). The Hall–Kier alpha value is -2.68. The van der Waals surface area contributed by atoms with Crippen molar-refractivity contribution in [2.75, 3.05) is 38.4 Å². The van der Waals surface area contributed by atoms with Gasteiger partial charge in [0.2, 0.25) is 0 Å². The highest BCUT2D eigenvalue weighted by Gasteiger charge is 2.32. The van der Waals surface area contributed by atoms with Crippen LogP contribution in [-0.4, -0.2) is 61.8 Å². The largest absolute Gasteiger partial charge is 0.466 e. The standard InChI is InChI=1S/C26H40O6S.C8H10O/c1-6-31-23(29)16-33-19-25(4,5)12-9-13-26(17-27,18-28)22-11-8-10-21(15-22)14-20(3)24(30)32-7-2;1-9-7-8-5-3-2-4-6-8/h8,10-11,15,17,20,28H,6-7,9,12-14,16,18-19H2,1-5H3;2-6H,7H2,1H3. The number of carbonyl (C=O) groups is 3. The van der Waals surface area contributed by atoms with Crippen LogP contribution in [0.25, 0.3) is 0 Å². The van der Waals surface area contributed by atoms with E-state index in [-0.39, 0.29) is 29.9 Å². The van der Waals surface area contributed by atoms with Crippen LogP contribution in [0.4, 0.5) is 0 Å². The molecule has 0 amide bonds. The van der Waals surface area contributed by atoms with Gasteiger partial charge in [-0.1, -0.05) is 81.8 Å². The van der Waals surface area contributed by atoms with Gasteiger partial charge in [-0.15, -0.1) is 11.8 Å². The van der Waals surface area contributed by atoms with Crippen LogP contribution in [0.1, 0.15) is 70.6 Å². The van der Waals surface area contributed by atoms with Gasteiger partial charge in [0.15, 0.2) is 0 Å². The summed E-state index contributed by atoms with van der Waals surface area (Å²) < 4.78 is 15.0. The van der Waals surface area contributed by atoms with Crippen molar-refractivity contribution in [3.8, 4) is 0 Å². The number of thioether (sulfide) groups is 1. The normalized spacial score (nSPS) is 13.2. The molecule has 0 saturated heterocycles. The van der Waals surface area contributed by atoms with E-state index in [1.807, 2.05) is 61.5 Å². The monoisotopic (exact) mass is 602 g/mol. The summed E-state index contributed by atoms with van der Waals surface area (Å²) in [7, 11) is 1.70. The number of esters is 2. The first-order valence-electron chi connectivity index (χ1n) is 14.7. The first kappa shape index (κ1) is 37.3. The van der Waals surface area contributed by atoms with E-state index in [9.17, 15) is 19.5 Å². The summed E-state index contributed by atoms with van der Waals surface area (Å²) in [5.41, 5.74) is 1.93. The summed E-state index contributed by atoms with van der Waals surface area (Å²) >= 11 is 1.56. The molecule has 0 aliphatic carbocycles. The Bertz CT molecular complexity index is 1060. The summed E-state index contributed by atoms with van der Waals surface area (Å²) in [6.07, 6.45) is 3.50. The minimum Gasteiger partial charge on any atom is -0.466 e. The lowest BCUT2D eigenvalue weighted by molar-refractivity contribution is -0.147. The molecule has 0 aromatic heterocycles. The Morgan fingerprint density at radius 3 is 2.24 bits per heavy atom. The summed E-state index contributed by atoms with van der Waals surface area (Å²) in [5.74, 6) is 0.419. The third-order valence-electron chi connectivity index (χ3n) is 6.89. The number of aliphatic hydroxyl groups excluding tert-OH is 1. The molecule has 7 nitrogen and oxygen atoms in total. The summed E-state index contributed by atoms with van der Waals surface area (Å²) in [6.45, 7) is 10.9. The third kappa shape index (κ3) is 14.0. The Morgan fingerprint density at radius 2 is 1.64 bits per heavy atom. The number of ether oxygens (including phenoxy) is 3. The molecule has 1 N–H and O–H groups in total. The lowest BCUT2D eigenvalue weighted by atomic mass is 9.76. The highest BCUT2D eigenvalue weighted by molar-refractivity contribution is 7.99. The van der Waals surface area contributed by atoms with E-state index in [1.54, 1.807) is 32.7 Å². The molecule has 2 atom stereocenters. The lowest BCUT2D eigenvalue weighted by Crippen LogP contribution is -2.33. The molecular formula is C34H50O7S. The highest BCUT2D eigenvalue weighted by atomic mass is 32.2. The number of aldehydes is 1. The maximum atomic E-state index is 12.2. The summed E-state index contributed by atoms with van der Waals surface area (Å²) in [6, 6.07) is 17.7. The molecular weight excluding hydrogens is 552 g/mol. The fourth-order valence-corrected chi connectivity index (χ4v) is 5.57. The zero-order chi connectivity index (χ0) is 31.4. The minimum atomic E-state index is -0.975. The van der Waals surface area contributed by atoms with Crippen molar-refractivity contribution in [1.29, 1.82) is 0 Å². The Morgan fingerprint density at radius 1 is 0.976 bits per heavy atom. The number of rotatable bonds is 18. The Kier molecular flexibility index (Phi) is 18.0. The van der Waals surface area contributed by atoms with Crippen LogP contribution in [0.5, 0.6) is 0 Å². The first-order chi connectivity index (χ1) is 20.1. The van der Waals surface area contributed by atoms with Crippen LogP contribution in [0.2, 0.25) is 0 Å². The zero-order valence-corrected chi connectivity index (χ0v) is 27.0. The second-order valence-corrected chi connectivity index (χ2v) is 12.2. The second-order valence-electron chi connectivity index (χ2n) is 11.2. The van der Waals surface area contributed by atoms with Crippen molar-refractivity contribution in [2.24, 2.45) is 11.3 Å². The van der Waals surface area contributed by atoms with Gasteiger partial charge >= 0.3 is 11.9 Å². The van der Waals surface area contributed by atoms with Gasteiger partial charge in [0.05, 0.1) is 43.5 Å². The third-order valence-corrected chi connectivity index (χ3v) is 8.31. The van der Waals surface area contributed by atoms with Crippen molar-refractivity contribution in [2.45, 2.75) is 72.3 Å². The molecule has 0 spiro atoms. The van der Waals surface area contributed by atoms with Gasteiger partial charge in [0.25, 0.3) is 0 Å². The molecule has 234 valence electrons. The Balaban J connectivity index is 0.000000827. The lowest BCUT2D eigenvalue weighted by Gasteiger charge is -2.30. The highest BCUT2D eigenvalue weighted by Crippen LogP contribution is 2.34. The predicted octanol–water partition coefficient (Wildman–Crippen LogP) is 6.18. The van der Waals surface area contributed by atoms with E-state index < -0.39 is 5.41 Å². The molecule has 0 saturated carbocycles. The molecule has 2 unspecified atom stereocenters.